The average molecular weight is 217 g/mol. The molecule has 1 aromatic carbocycles. The topological polar surface area (TPSA) is 53.1 Å². The molecular formula is C13H15NO2. The molecule has 0 spiro atoms. The van der Waals surface area contributed by atoms with Gasteiger partial charge < -0.3 is 10.1 Å². The van der Waals surface area contributed by atoms with Gasteiger partial charge >= 0.3 is 5.97 Å². The molecule has 3 heteroatoms. The zero-order chi connectivity index (χ0) is 11.9. The summed E-state index contributed by atoms with van der Waals surface area (Å²) in [6.45, 7) is 6.25. The molecule has 2 rings (SSSR count). The lowest BCUT2D eigenvalue weighted by Crippen LogP contribution is -1.95. The first-order valence-electron chi connectivity index (χ1n) is 5.36. The normalized spacial score (nSPS) is 11.2. The Labute approximate surface area is 94.1 Å². The SMILES string of the molecule is Cc1[nH]c2ccc(C(=O)O)cc2c1C(C)C. The Kier molecular flexibility index (Phi) is 2.46. The molecule has 3 nitrogen and oxygen atoms in total. The van der Waals surface area contributed by atoms with Crippen LogP contribution < -0.4 is 0 Å². The summed E-state index contributed by atoms with van der Waals surface area (Å²) in [6.07, 6.45) is 0. The van der Waals surface area contributed by atoms with E-state index in [2.05, 4.69) is 18.8 Å². The second kappa shape index (κ2) is 3.67. The molecule has 1 aromatic heterocycles. The summed E-state index contributed by atoms with van der Waals surface area (Å²) >= 11 is 0. The Morgan fingerprint density at radius 2 is 2.06 bits per heavy atom. The zero-order valence-electron chi connectivity index (χ0n) is 9.66. The predicted molar refractivity (Wildman–Crippen MR) is 64.1 cm³/mol. The second-order valence-electron chi connectivity index (χ2n) is 4.38. The molecule has 84 valence electrons. The first-order chi connectivity index (χ1) is 7.50. The van der Waals surface area contributed by atoms with Crippen molar-refractivity contribution in [3.05, 3.63) is 35.0 Å². The molecule has 0 aliphatic rings. The van der Waals surface area contributed by atoms with Crippen LogP contribution in [0.15, 0.2) is 18.2 Å². The summed E-state index contributed by atoms with van der Waals surface area (Å²) in [5.74, 6) is -0.492. The minimum Gasteiger partial charge on any atom is -0.478 e. The van der Waals surface area contributed by atoms with Crippen molar-refractivity contribution in [1.82, 2.24) is 4.98 Å². The van der Waals surface area contributed by atoms with Crippen molar-refractivity contribution < 1.29 is 9.90 Å². The van der Waals surface area contributed by atoms with Gasteiger partial charge in [-0.1, -0.05) is 13.8 Å². The van der Waals surface area contributed by atoms with Crippen LogP contribution in [0.25, 0.3) is 10.9 Å². The monoisotopic (exact) mass is 217 g/mol. The van der Waals surface area contributed by atoms with Crippen molar-refractivity contribution in [3.8, 4) is 0 Å². The highest BCUT2D eigenvalue weighted by molar-refractivity contribution is 5.95. The molecule has 0 saturated carbocycles. The fourth-order valence-electron chi connectivity index (χ4n) is 2.22. The molecule has 0 amide bonds. The maximum Gasteiger partial charge on any atom is 0.335 e. The number of aryl methyl sites for hydroxylation is 1. The molecule has 0 radical (unpaired) electrons. The molecule has 2 N–H and O–H groups in total. The average Bonchev–Trinajstić information content (AvgIpc) is 2.51. The molecular weight excluding hydrogens is 202 g/mol. The lowest BCUT2D eigenvalue weighted by molar-refractivity contribution is 0.0697. The van der Waals surface area contributed by atoms with E-state index < -0.39 is 5.97 Å². The van der Waals surface area contributed by atoms with Gasteiger partial charge in [-0.15, -0.1) is 0 Å². The third-order valence-corrected chi connectivity index (χ3v) is 2.86. The van der Waals surface area contributed by atoms with E-state index in [9.17, 15) is 4.79 Å². The van der Waals surface area contributed by atoms with E-state index in [-0.39, 0.29) is 0 Å². The van der Waals surface area contributed by atoms with Crippen LogP contribution in [0.1, 0.15) is 41.4 Å². The molecule has 0 bridgehead atoms. The molecule has 0 saturated heterocycles. The number of carbonyl (C=O) groups is 1. The van der Waals surface area contributed by atoms with Crippen molar-refractivity contribution in [2.75, 3.05) is 0 Å². The van der Waals surface area contributed by atoms with E-state index >= 15 is 0 Å². The molecule has 0 unspecified atom stereocenters. The lowest BCUT2D eigenvalue weighted by atomic mass is 9.99. The minimum absolute atomic E-state index is 0.341. The molecule has 1 heterocycles. The highest BCUT2D eigenvalue weighted by Crippen LogP contribution is 2.29. The van der Waals surface area contributed by atoms with Crippen LogP contribution in [0.3, 0.4) is 0 Å². The summed E-state index contributed by atoms with van der Waals surface area (Å²) < 4.78 is 0. The summed E-state index contributed by atoms with van der Waals surface area (Å²) in [6, 6.07) is 5.21. The van der Waals surface area contributed by atoms with Crippen molar-refractivity contribution in [3.63, 3.8) is 0 Å². The number of benzene rings is 1. The van der Waals surface area contributed by atoms with Gasteiger partial charge in [0.05, 0.1) is 5.56 Å². The summed E-state index contributed by atoms with van der Waals surface area (Å²) in [7, 11) is 0. The summed E-state index contributed by atoms with van der Waals surface area (Å²) in [4.78, 5) is 14.2. The maximum atomic E-state index is 10.9. The lowest BCUT2D eigenvalue weighted by Gasteiger charge is -2.05. The number of aromatic amines is 1. The van der Waals surface area contributed by atoms with Crippen LogP contribution >= 0.6 is 0 Å². The number of aromatic nitrogens is 1. The smallest absolute Gasteiger partial charge is 0.335 e. The van der Waals surface area contributed by atoms with Gasteiger partial charge in [0.1, 0.15) is 0 Å². The standard InChI is InChI=1S/C13H15NO2/c1-7(2)12-8(3)14-11-5-4-9(13(15)16)6-10(11)12/h4-7,14H,1-3H3,(H,15,16). The second-order valence-corrected chi connectivity index (χ2v) is 4.38. The molecule has 0 atom stereocenters. The first kappa shape index (κ1) is 10.7. The number of hydrogen-bond acceptors (Lipinski definition) is 1. The van der Waals surface area contributed by atoms with E-state index in [1.54, 1.807) is 12.1 Å². The highest BCUT2D eigenvalue weighted by Gasteiger charge is 2.13. The van der Waals surface area contributed by atoms with Crippen molar-refractivity contribution in [1.29, 1.82) is 0 Å². The number of fused-ring (bicyclic) bond motifs is 1. The van der Waals surface area contributed by atoms with Crippen LogP contribution in [0, 0.1) is 6.92 Å². The van der Waals surface area contributed by atoms with Gasteiger partial charge in [0.2, 0.25) is 0 Å². The molecule has 0 fully saturated rings. The van der Waals surface area contributed by atoms with Crippen LogP contribution in [0.5, 0.6) is 0 Å². The highest BCUT2D eigenvalue weighted by atomic mass is 16.4. The summed E-state index contributed by atoms with van der Waals surface area (Å²) in [5.41, 5.74) is 3.67. The van der Waals surface area contributed by atoms with Crippen LogP contribution in [-0.2, 0) is 0 Å². The van der Waals surface area contributed by atoms with Crippen molar-refractivity contribution >= 4 is 16.9 Å². The number of nitrogens with one attached hydrogen (secondary N) is 1. The Balaban J connectivity index is 2.74. The Morgan fingerprint density at radius 1 is 1.38 bits per heavy atom. The largest absolute Gasteiger partial charge is 0.478 e. The zero-order valence-corrected chi connectivity index (χ0v) is 9.66. The quantitative estimate of drug-likeness (QED) is 0.810. The number of carboxylic acids is 1. The van der Waals surface area contributed by atoms with Crippen molar-refractivity contribution in [2.24, 2.45) is 0 Å². The fourth-order valence-corrected chi connectivity index (χ4v) is 2.22. The van der Waals surface area contributed by atoms with E-state index in [4.69, 9.17) is 5.11 Å². The van der Waals surface area contributed by atoms with Crippen LogP contribution in [-0.4, -0.2) is 16.1 Å². The van der Waals surface area contributed by atoms with Gasteiger partial charge in [-0.05, 0) is 36.6 Å². The Hall–Kier alpha value is -1.77. The molecule has 0 aliphatic carbocycles. The Morgan fingerprint density at radius 3 is 2.62 bits per heavy atom. The molecule has 0 aliphatic heterocycles. The molecule has 16 heavy (non-hydrogen) atoms. The van der Waals surface area contributed by atoms with Gasteiger partial charge in [0, 0.05) is 16.6 Å². The predicted octanol–water partition coefficient (Wildman–Crippen LogP) is 3.30. The van der Waals surface area contributed by atoms with E-state index in [0.717, 1.165) is 16.6 Å². The number of H-pyrrole nitrogens is 1. The summed E-state index contributed by atoms with van der Waals surface area (Å²) in [5, 5.41) is 9.99. The third kappa shape index (κ3) is 1.58. The number of aromatic carboxylic acids is 1. The van der Waals surface area contributed by atoms with Gasteiger partial charge in [0.25, 0.3) is 0 Å². The van der Waals surface area contributed by atoms with Gasteiger partial charge in [-0.3, -0.25) is 0 Å². The van der Waals surface area contributed by atoms with Gasteiger partial charge in [-0.2, -0.15) is 0 Å². The van der Waals surface area contributed by atoms with Crippen molar-refractivity contribution in [2.45, 2.75) is 26.7 Å². The minimum atomic E-state index is -0.879. The fraction of sp³-hybridized carbons (Fsp3) is 0.308. The number of rotatable bonds is 2. The number of hydrogen-bond donors (Lipinski definition) is 2. The van der Waals surface area contributed by atoms with Gasteiger partial charge in [-0.25, -0.2) is 4.79 Å². The molecule has 2 aromatic rings. The first-order valence-corrected chi connectivity index (χ1v) is 5.36. The van der Waals surface area contributed by atoms with Crippen LogP contribution in [0.2, 0.25) is 0 Å². The van der Waals surface area contributed by atoms with E-state index in [1.807, 2.05) is 13.0 Å². The van der Waals surface area contributed by atoms with E-state index in [1.165, 1.54) is 5.56 Å². The van der Waals surface area contributed by atoms with E-state index in [0.29, 0.717) is 11.5 Å². The van der Waals surface area contributed by atoms with Gasteiger partial charge in [0.15, 0.2) is 0 Å². The third-order valence-electron chi connectivity index (χ3n) is 2.86. The maximum absolute atomic E-state index is 10.9. The van der Waals surface area contributed by atoms with Crippen LogP contribution in [0.4, 0.5) is 0 Å². The number of carboxylic acid groups (broad SMARTS) is 1. The Bertz CT molecular complexity index is 552.